The highest BCUT2D eigenvalue weighted by molar-refractivity contribution is 7.12. The molecule has 4 N–H and O–H groups in total. The Morgan fingerprint density at radius 1 is 1.29 bits per heavy atom. The summed E-state index contributed by atoms with van der Waals surface area (Å²) in [5.74, 6) is -1.49. The molecule has 2 unspecified atom stereocenters. The fourth-order valence-corrected chi connectivity index (χ4v) is 5.43. The predicted molar refractivity (Wildman–Crippen MR) is 105 cm³/mol. The lowest BCUT2D eigenvalue weighted by atomic mass is 9.82. The van der Waals surface area contributed by atoms with E-state index in [0.29, 0.717) is 18.4 Å². The number of halogens is 1. The van der Waals surface area contributed by atoms with Crippen LogP contribution in [0, 0.1) is 0 Å². The van der Waals surface area contributed by atoms with Crippen molar-refractivity contribution in [3.8, 4) is 0 Å². The van der Waals surface area contributed by atoms with Crippen LogP contribution in [0.15, 0.2) is 34.9 Å². The van der Waals surface area contributed by atoms with Crippen LogP contribution in [0.5, 0.6) is 0 Å². The molecule has 0 aromatic carbocycles. The van der Waals surface area contributed by atoms with Gasteiger partial charge in [-0.1, -0.05) is 6.08 Å². The molecule has 0 saturated carbocycles. The van der Waals surface area contributed by atoms with Crippen molar-refractivity contribution in [2.24, 2.45) is 0 Å². The van der Waals surface area contributed by atoms with E-state index in [0.717, 1.165) is 20.9 Å². The predicted octanol–water partition coefficient (Wildman–Crippen LogP) is 1.81. The number of aliphatic hydroxyl groups excluding tert-OH is 4. The van der Waals surface area contributed by atoms with Gasteiger partial charge in [0.15, 0.2) is 0 Å². The Bertz CT molecular complexity index is 817. The number of alkyl halides is 1. The fraction of sp³-hybridized carbons (Fsp3) is 0.600. The Morgan fingerprint density at radius 3 is 2.71 bits per heavy atom. The fourth-order valence-electron chi connectivity index (χ4n) is 4.12. The second-order valence-electron chi connectivity index (χ2n) is 7.77. The van der Waals surface area contributed by atoms with E-state index in [1.807, 2.05) is 18.2 Å². The summed E-state index contributed by atoms with van der Waals surface area (Å²) < 4.78 is 11.8. The van der Waals surface area contributed by atoms with Crippen LogP contribution in [-0.4, -0.2) is 62.6 Å². The Morgan fingerprint density at radius 2 is 2.04 bits per heavy atom. The van der Waals surface area contributed by atoms with Gasteiger partial charge in [-0.05, 0) is 43.5 Å². The van der Waals surface area contributed by atoms with Gasteiger partial charge in [-0.25, -0.2) is 0 Å². The van der Waals surface area contributed by atoms with Gasteiger partial charge in [0.2, 0.25) is 5.79 Å². The molecule has 1 aromatic rings. The van der Waals surface area contributed by atoms with E-state index in [4.69, 9.17) is 21.1 Å². The van der Waals surface area contributed by atoms with E-state index in [1.54, 1.807) is 25.2 Å². The first-order valence-electron chi connectivity index (χ1n) is 9.42. The van der Waals surface area contributed by atoms with Crippen LogP contribution in [0.2, 0.25) is 0 Å². The molecule has 6 nitrogen and oxygen atoms in total. The molecule has 4 rings (SSSR count). The summed E-state index contributed by atoms with van der Waals surface area (Å²) in [5, 5.41) is 40.5. The maximum Gasteiger partial charge on any atom is 0.225 e. The minimum atomic E-state index is -1.49. The smallest absolute Gasteiger partial charge is 0.225 e. The van der Waals surface area contributed by atoms with Crippen molar-refractivity contribution in [1.82, 2.24) is 0 Å². The quantitative estimate of drug-likeness (QED) is 0.548. The van der Waals surface area contributed by atoms with Gasteiger partial charge in [0.05, 0.1) is 24.2 Å². The molecule has 0 bridgehead atoms. The van der Waals surface area contributed by atoms with Crippen LogP contribution < -0.4 is 0 Å². The van der Waals surface area contributed by atoms with Crippen LogP contribution in [-0.2, 0) is 15.9 Å². The molecule has 154 valence electrons. The average Bonchev–Trinajstić information content (AvgIpc) is 3.25. The lowest BCUT2D eigenvalue weighted by molar-refractivity contribution is -0.330. The molecule has 2 aliphatic heterocycles. The monoisotopic (exact) mass is 428 g/mol. The van der Waals surface area contributed by atoms with E-state index >= 15 is 0 Å². The summed E-state index contributed by atoms with van der Waals surface area (Å²) in [5.41, 5.74) is 2.60. The van der Waals surface area contributed by atoms with Crippen LogP contribution in [0.3, 0.4) is 0 Å². The van der Waals surface area contributed by atoms with Crippen LogP contribution >= 0.6 is 22.9 Å². The molecule has 0 radical (unpaired) electrons. The van der Waals surface area contributed by atoms with Crippen molar-refractivity contribution >= 4 is 22.9 Å². The van der Waals surface area contributed by atoms with E-state index in [-0.39, 0.29) is 12.0 Å². The standard InChI is InChI=1S/C20H25ClO6S/c1-9(22)16-4-3-13(28-16)5-11-6-14-12(7-15(11)21)8-26-20(14)19(25)18(24)17(23)10(2)27-20/h3-4,6,9-10,15,17-19,22-25H,5,7-8H2,1-2H3/t9?,10-,15?,17-,18+,19-,20+/m1/s1. The minimum absolute atomic E-state index is 0.205. The third-order valence-corrected chi connectivity index (χ3v) is 7.44. The summed E-state index contributed by atoms with van der Waals surface area (Å²) in [6.45, 7) is 3.64. The van der Waals surface area contributed by atoms with Gasteiger partial charge in [-0.2, -0.15) is 0 Å². The van der Waals surface area contributed by atoms with Gasteiger partial charge in [0, 0.05) is 21.7 Å². The Balaban J connectivity index is 1.65. The zero-order valence-electron chi connectivity index (χ0n) is 15.7. The molecule has 8 heteroatoms. The number of hydrogen-bond donors (Lipinski definition) is 4. The first kappa shape index (κ1) is 20.5. The summed E-state index contributed by atoms with van der Waals surface area (Å²) in [4.78, 5) is 1.98. The van der Waals surface area contributed by atoms with Crippen molar-refractivity contribution in [2.45, 2.75) is 68.4 Å². The molecule has 28 heavy (non-hydrogen) atoms. The van der Waals surface area contributed by atoms with E-state index in [9.17, 15) is 20.4 Å². The van der Waals surface area contributed by atoms with Crippen molar-refractivity contribution in [3.05, 3.63) is 44.7 Å². The van der Waals surface area contributed by atoms with E-state index < -0.39 is 36.3 Å². The van der Waals surface area contributed by atoms with Crippen molar-refractivity contribution in [3.63, 3.8) is 0 Å². The highest BCUT2D eigenvalue weighted by Gasteiger charge is 2.58. The summed E-state index contributed by atoms with van der Waals surface area (Å²) in [6, 6.07) is 3.89. The topological polar surface area (TPSA) is 99.4 Å². The van der Waals surface area contributed by atoms with Crippen molar-refractivity contribution in [1.29, 1.82) is 0 Å². The van der Waals surface area contributed by atoms with Gasteiger partial charge in [0.1, 0.15) is 18.3 Å². The second-order valence-corrected chi connectivity index (χ2v) is 9.50. The molecule has 1 spiro atoms. The van der Waals surface area contributed by atoms with E-state index in [2.05, 4.69) is 0 Å². The van der Waals surface area contributed by atoms with E-state index in [1.165, 1.54) is 0 Å². The Labute approximate surface area is 172 Å². The normalized spacial score (nSPS) is 39.2. The summed E-state index contributed by atoms with van der Waals surface area (Å²) in [7, 11) is 0. The highest BCUT2D eigenvalue weighted by atomic mass is 35.5. The Hall–Kier alpha value is -0.770. The van der Waals surface area contributed by atoms with Gasteiger partial charge >= 0.3 is 0 Å². The average molecular weight is 429 g/mol. The molecular weight excluding hydrogens is 404 g/mol. The highest BCUT2D eigenvalue weighted by Crippen LogP contribution is 2.47. The van der Waals surface area contributed by atoms with Gasteiger partial charge in [-0.15, -0.1) is 22.9 Å². The molecule has 1 fully saturated rings. The third kappa shape index (κ3) is 3.28. The summed E-state index contributed by atoms with van der Waals surface area (Å²) >= 11 is 8.16. The zero-order chi connectivity index (χ0) is 20.2. The molecule has 0 amide bonds. The lowest BCUT2D eigenvalue weighted by Crippen LogP contribution is -2.64. The molecule has 1 aromatic heterocycles. The molecule has 3 heterocycles. The molecule has 3 aliphatic rings. The van der Waals surface area contributed by atoms with Gasteiger partial charge < -0.3 is 29.9 Å². The Kier molecular flexibility index (Phi) is 5.48. The van der Waals surface area contributed by atoms with Crippen LogP contribution in [0.1, 0.15) is 36.1 Å². The van der Waals surface area contributed by atoms with Gasteiger partial charge in [0.25, 0.3) is 0 Å². The largest absolute Gasteiger partial charge is 0.388 e. The molecule has 7 atom stereocenters. The molecule has 1 aliphatic carbocycles. The summed E-state index contributed by atoms with van der Waals surface area (Å²) in [6.07, 6.45) is -2.06. The van der Waals surface area contributed by atoms with Crippen molar-refractivity contribution < 1.29 is 29.9 Å². The number of aliphatic hydroxyl groups is 4. The number of rotatable bonds is 3. The zero-order valence-corrected chi connectivity index (χ0v) is 17.3. The SMILES string of the molecule is CC(O)c1ccc(CC2=CC3=C(CO[C@]34O[C@H](C)[C@@H](O)[C@H](O)[C@H]4O)CC2Cl)s1. The lowest BCUT2D eigenvalue weighted by Gasteiger charge is -2.46. The number of thiophene rings is 1. The molecule has 1 saturated heterocycles. The van der Waals surface area contributed by atoms with Crippen LogP contribution in [0.25, 0.3) is 0 Å². The van der Waals surface area contributed by atoms with Gasteiger partial charge in [-0.3, -0.25) is 0 Å². The number of allylic oxidation sites excluding steroid dienone is 1. The first-order chi connectivity index (χ1) is 13.2. The second kappa shape index (κ2) is 7.49. The minimum Gasteiger partial charge on any atom is -0.388 e. The third-order valence-electron chi connectivity index (χ3n) is 5.75. The van der Waals surface area contributed by atoms with Crippen molar-refractivity contribution in [2.75, 3.05) is 6.61 Å². The maximum atomic E-state index is 10.7. The molecular formula is C20H25ClO6S. The maximum absolute atomic E-state index is 10.7. The number of fused-ring (bicyclic) bond motifs is 1. The first-order valence-corrected chi connectivity index (χ1v) is 10.7. The van der Waals surface area contributed by atoms with Crippen LogP contribution in [0.4, 0.5) is 0 Å². The number of hydrogen-bond acceptors (Lipinski definition) is 7. The number of ether oxygens (including phenoxy) is 2.